The maximum atomic E-state index is 12.0. The molecule has 1 saturated heterocycles. The lowest BCUT2D eigenvalue weighted by atomic mass is 9.90. The molecule has 3 aliphatic rings. The summed E-state index contributed by atoms with van der Waals surface area (Å²) < 4.78 is 5.59. The Morgan fingerprint density at radius 1 is 1.39 bits per heavy atom. The van der Waals surface area contributed by atoms with Crippen LogP contribution < -0.4 is 10.2 Å². The number of hydrogen-bond acceptors (Lipinski definition) is 4. The number of benzene rings is 1. The van der Waals surface area contributed by atoms with Gasteiger partial charge in [-0.2, -0.15) is 4.99 Å². The summed E-state index contributed by atoms with van der Waals surface area (Å²) >= 11 is 0. The minimum Gasteiger partial charge on any atom is -0.343 e. The van der Waals surface area contributed by atoms with Crippen LogP contribution in [0.5, 0.6) is 0 Å². The van der Waals surface area contributed by atoms with Gasteiger partial charge in [0.15, 0.2) is 5.84 Å². The minimum absolute atomic E-state index is 0.336. The van der Waals surface area contributed by atoms with E-state index in [1.165, 1.54) is 0 Å². The Bertz CT molecular complexity index is 639. The zero-order chi connectivity index (χ0) is 12.5. The molecular weight excluding hydrogens is 234 g/mol. The van der Waals surface area contributed by atoms with Crippen molar-refractivity contribution in [2.75, 3.05) is 11.9 Å². The molecule has 0 aromatic heterocycles. The van der Waals surface area contributed by atoms with Gasteiger partial charge in [-0.3, -0.25) is 10.1 Å². The fourth-order valence-corrected chi connectivity index (χ4v) is 2.73. The van der Waals surface area contributed by atoms with Crippen molar-refractivity contribution in [3.8, 4) is 0 Å². The van der Waals surface area contributed by atoms with Gasteiger partial charge >= 0.3 is 6.03 Å². The second-order valence-electron chi connectivity index (χ2n) is 4.55. The van der Waals surface area contributed by atoms with Crippen molar-refractivity contribution in [2.24, 2.45) is 4.99 Å². The number of carbonyl (C=O) groups is 2. The van der Waals surface area contributed by atoms with E-state index in [4.69, 9.17) is 4.74 Å². The molecule has 3 amide bonds. The molecule has 1 N–H and O–H groups in total. The lowest BCUT2D eigenvalue weighted by Gasteiger charge is -2.32. The number of nitrogens with zero attached hydrogens (tertiary/aromatic N) is 2. The van der Waals surface area contributed by atoms with E-state index in [2.05, 4.69) is 10.3 Å². The average Bonchev–Trinajstić information content (AvgIpc) is 3.10. The Morgan fingerprint density at radius 3 is 3.00 bits per heavy atom. The number of aliphatic imine (C=N–C) groups is 1. The van der Waals surface area contributed by atoms with Crippen molar-refractivity contribution >= 4 is 23.5 Å². The number of likely N-dealkylation sites (N-methyl/N-ethyl adjacent to an activating group) is 1. The molecular formula is C12H9N3O3. The molecule has 1 aromatic rings. The van der Waals surface area contributed by atoms with Crippen molar-refractivity contribution in [1.29, 1.82) is 0 Å². The van der Waals surface area contributed by atoms with Gasteiger partial charge in [-0.05, 0) is 6.07 Å². The Morgan fingerprint density at radius 2 is 2.17 bits per heavy atom. The van der Waals surface area contributed by atoms with E-state index >= 15 is 0 Å². The molecule has 1 aromatic carbocycles. The summed E-state index contributed by atoms with van der Waals surface area (Å²) in [5.74, 6) is -0.0520. The number of para-hydroxylation sites is 1. The van der Waals surface area contributed by atoms with Gasteiger partial charge in [0, 0.05) is 18.3 Å². The molecule has 1 spiro atoms. The summed E-state index contributed by atoms with van der Waals surface area (Å²) in [6.07, 6.45) is -0.336. The number of rotatable bonds is 0. The summed E-state index contributed by atoms with van der Waals surface area (Å²) in [4.78, 5) is 29.0. The topological polar surface area (TPSA) is 74.3 Å². The molecule has 1 fully saturated rings. The summed E-state index contributed by atoms with van der Waals surface area (Å²) in [7, 11) is 1.78. The predicted octanol–water partition coefficient (Wildman–Crippen LogP) is 0.595. The molecule has 6 heteroatoms. The van der Waals surface area contributed by atoms with E-state index in [0.29, 0.717) is 5.84 Å². The van der Waals surface area contributed by atoms with Crippen LogP contribution in [0, 0.1) is 0 Å². The quantitative estimate of drug-likeness (QED) is 0.677. The summed E-state index contributed by atoms with van der Waals surface area (Å²) in [5.41, 5.74) is 0.761. The number of ether oxygens (including phenoxy) is 1. The Kier molecular flexibility index (Phi) is 1.51. The number of fused-ring (bicyclic) bond motifs is 2. The van der Waals surface area contributed by atoms with Crippen LogP contribution >= 0.6 is 0 Å². The van der Waals surface area contributed by atoms with Crippen LogP contribution in [-0.2, 0) is 9.53 Å². The fourth-order valence-electron chi connectivity index (χ4n) is 2.73. The molecule has 3 aliphatic heterocycles. The summed E-state index contributed by atoms with van der Waals surface area (Å²) in [5, 5.41) is 2.19. The van der Waals surface area contributed by atoms with Crippen molar-refractivity contribution in [1.82, 2.24) is 5.32 Å². The van der Waals surface area contributed by atoms with E-state index in [1.807, 2.05) is 24.3 Å². The van der Waals surface area contributed by atoms with Gasteiger partial charge in [0.05, 0.1) is 0 Å². The van der Waals surface area contributed by atoms with Crippen molar-refractivity contribution in [2.45, 2.75) is 11.7 Å². The number of amides is 3. The molecule has 3 heterocycles. The van der Waals surface area contributed by atoms with E-state index in [0.717, 1.165) is 11.3 Å². The third-order valence-corrected chi connectivity index (χ3v) is 3.61. The molecule has 4 rings (SSSR count). The van der Waals surface area contributed by atoms with Crippen LogP contribution in [0.25, 0.3) is 0 Å². The SMILES string of the molecule is CN1C2=NC(=O)NC(=O)[C@@]23O[C@@H]3c2ccccc21. The highest BCUT2D eigenvalue weighted by atomic mass is 16.6. The maximum Gasteiger partial charge on any atom is 0.349 e. The largest absolute Gasteiger partial charge is 0.349 e. The van der Waals surface area contributed by atoms with Gasteiger partial charge in [-0.1, -0.05) is 18.2 Å². The fraction of sp³-hybridized carbons (Fsp3) is 0.250. The van der Waals surface area contributed by atoms with Crippen LogP contribution in [-0.4, -0.2) is 30.4 Å². The van der Waals surface area contributed by atoms with Gasteiger partial charge < -0.3 is 9.64 Å². The third kappa shape index (κ3) is 0.910. The molecule has 0 aliphatic carbocycles. The van der Waals surface area contributed by atoms with E-state index in [-0.39, 0.29) is 6.10 Å². The van der Waals surface area contributed by atoms with Crippen LogP contribution in [0.2, 0.25) is 0 Å². The number of epoxide rings is 1. The molecule has 0 saturated carbocycles. The minimum atomic E-state index is -1.10. The monoisotopic (exact) mass is 243 g/mol. The zero-order valence-corrected chi connectivity index (χ0v) is 9.51. The highest BCUT2D eigenvalue weighted by Crippen LogP contribution is 2.57. The summed E-state index contributed by atoms with van der Waals surface area (Å²) in [6.45, 7) is 0. The van der Waals surface area contributed by atoms with Crippen molar-refractivity contribution in [3.63, 3.8) is 0 Å². The average molecular weight is 243 g/mol. The smallest absolute Gasteiger partial charge is 0.343 e. The van der Waals surface area contributed by atoms with Crippen LogP contribution in [0.1, 0.15) is 11.7 Å². The number of carbonyl (C=O) groups excluding carboxylic acids is 2. The normalized spacial score (nSPS) is 31.9. The predicted molar refractivity (Wildman–Crippen MR) is 62.4 cm³/mol. The second-order valence-corrected chi connectivity index (χ2v) is 4.55. The number of hydrogen-bond donors (Lipinski definition) is 1. The van der Waals surface area contributed by atoms with Crippen LogP contribution in [0.3, 0.4) is 0 Å². The highest BCUT2D eigenvalue weighted by molar-refractivity contribution is 6.29. The second kappa shape index (κ2) is 2.78. The number of nitrogens with one attached hydrogen (secondary N) is 1. The number of amidine groups is 1. The zero-order valence-electron chi connectivity index (χ0n) is 9.51. The molecule has 0 radical (unpaired) electrons. The van der Waals surface area contributed by atoms with Gasteiger partial charge in [-0.25, -0.2) is 4.79 Å². The third-order valence-electron chi connectivity index (χ3n) is 3.61. The number of imide groups is 1. The first kappa shape index (κ1) is 9.78. The summed E-state index contributed by atoms with van der Waals surface area (Å²) in [6, 6.07) is 7.00. The first-order chi connectivity index (χ1) is 8.64. The molecule has 6 nitrogen and oxygen atoms in total. The number of urea groups is 1. The Balaban J connectivity index is 1.98. The van der Waals surface area contributed by atoms with Gasteiger partial charge in [0.2, 0.25) is 5.60 Å². The molecule has 0 bridgehead atoms. The van der Waals surface area contributed by atoms with E-state index in [1.54, 1.807) is 11.9 Å². The van der Waals surface area contributed by atoms with E-state index < -0.39 is 17.5 Å². The van der Waals surface area contributed by atoms with Crippen molar-refractivity contribution < 1.29 is 14.3 Å². The molecule has 90 valence electrons. The van der Waals surface area contributed by atoms with Crippen LogP contribution in [0.4, 0.5) is 10.5 Å². The Labute approximate surface area is 102 Å². The lowest BCUT2D eigenvalue weighted by molar-refractivity contribution is -0.123. The van der Waals surface area contributed by atoms with E-state index in [9.17, 15) is 9.59 Å². The van der Waals surface area contributed by atoms with Gasteiger partial charge in [0.25, 0.3) is 5.91 Å². The van der Waals surface area contributed by atoms with Crippen LogP contribution in [0.15, 0.2) is 29.3 Å². The first-order valence-electron chi connectivity index (χ1n) is 5.59. The molecule has 2 atom stereocenters. The maximum absolute atomic E-state index is 12.0. The van der Waals surface area contributed by atoms with Gasteiger partial charge in [-0.15, -0.1) is 0 Å². The standard InChI is InChI=1S/C12H9N3O3/c1-15-7-5-3-2-4-6(7)8-12(18-8)9(15)13-11(17)14-10(12)16/h2-5,8H,1H3,(H,14,16,17)/t8-,12+/m1/s1. The molecule has 0 unspecified atom stereocenters. The number of anilines is 1. The van der Waals surface area contributed by atoms with Gasteiger partial charge in [0.1, 0.15) is 6.10 Å². The lowest BCUT2D eigenvalue weighted by Crippen LogP contribution is -2.57. The highest BCUT2D eigenvalue weighted by Gasteiger charge is 2.72. The molecule has 18 heavy (non-hydrogen) atoms. The Hall–Kier alpha value is -2.21. The van der Waals surface area contributed by atoms with Crippen molar-refractivity contribution in [3.05, 3.63) is 29.8 Å². The first-order valence-corrected chi connectivity index (χ1v) is 5.59.